The fourth-order valence-corrected chi connectivity index (χ4v) is 4.84. The van der Waals surface area contributed by atoms with Gasteiger partial charge in [0, 0.05) is 44.3 Å². The summed E-state index contributed by atoms with van der Waals surface area (Å²) in [6.45, 7) is 19.4. The number of rotatable bonds is 8. The third kappa shape index (κ3) is 14.6. The largest absolute Gasteiger partial charge is 0.475 e. The molecule has 8 N–H and O–H groups in total. The van der Waals surface area contributed by atoms with Crippen molar-refractivity contribution in [3.8, 4) is 0 Å². The molecule has 0 bridgehead atoms. The van der Waals surface area contributed by atoms with E-state index in [-0.39, 0.29) is 18.4 Å². The van der Waals surface area contributed by atoms with E-state index >= 15 is 0 Å². The molecule has 0 aliphatic carbocycles. The van der Waals surface area contributed by atoms with Gasteiger partial charge < -0.3 is 51.2 Å². The van der Waals surface area contributed by atoms with E-state index in [1.54, 1.807) is 4.90 Å². The molecule has 4 heterocycles. The highest BCUT2D eigenvalue weighted by Gasteiger charge is 2.37. The zero-order valence-corrected chi connectivity index (χ0v) is 25.9. The highest BCUT2D eigenvalue weighted by atomic mass is 16.4. The molecule has 0 radical (unpaired) electrons. The maximum atomic E-state index is 11.8. The molecule has 0 saturated carbocycles. The molecule has 4 fully saturated rings. The van der Waals surface area contributed by atoms with Crippen molar-refractivity contribution in [2.75, 3.05) is 52.4 Å². The number of hydrogen-bond donors (Lipinski definition) is 8. The van der Waals surface area contributed by atoms with E-state index in [2.05, 4.69) is 49.0 Å². The molecule has 12 nitrogen and oxygen atoms in total. The van der Waals surface area contributed by atoms with Crippen LogP contribution in [0.1, 0.15) is 80.1 Å². The molecule has 234 valence electrons. The minimum Gasteiger partial charge on any atom is -0.426 e. The molecule has 0 aromatic carbocycles. The van der Waals surface area contributed by atoms with Crippen LogP contribution in [0.4, 0.5) is 0 Å². The normalized spacial score (nSPS) is 25.1. The SMILES string of the molecule is CC.CCC.CCNC1(C)CCNC1.O=C(CNC1CNC1)N1CCCC1B(O)O.O=CN1CCCC1B(O)O. The Kier molecular flexibility index (Phi) is 21.7. The molecular formula is C26H58B2N6O6. The second-order valence-corrected chi connectivity index (χ2v) is 10.6. The quantitative estimate of drug-likeness (QED) is 0.133. The summed E-state index contributed by atoms with van der Waals surface area (Å²) in [6.07, 6.45) is 6.25. The van der Waals surface area contributed by atoms with E-state index in [1.165, 1.54) is 24.3 Å². The highest BCUT2D eigenvalue weighted by Crippen LogP contribution is 2.18. The Balaban J connectivity index is 0.000000551. The van der Waals surface area contributed by atoms with Crippen LogP contribution in [-0.2, 0) is 9.59 Å². The number of amides is 2. The first kappa shape index (κ1) is 38.7. The maximum Gasteiger partial charge on any atom is 0.475 e. The van der Waals surface area contributed by atoms with Gasteiger partial charge in [-0.15, -0.1) is 0 Å². The van der Waals surface area contributed by atoms with E-state index in [0.29, 0.717) is 43.9 Å². The summed E-state index contributed by atoms with van der Waals surface area (Å²) in [5.41, 5.74) is 0.384. The standard InChI is InChI=1S/C9H18BN3O3.C7H16N2.C5H10BNO3.C3H8.C2H6/c14-9(6-12-7-4-11-5-7)13-3-1-2-8(13)10(15)16;1-3-9-7(2)4-5-8-6-7;8-4-7-3-1-2-5(7)6(9)10;1-3-2;1-2/h7-8,11-12,15-16H,1-6H2;8-9H,3-6H2,1-2H3;4-5,9-10H,1-3H2;3H2,1-2H3;1-2H3. The van der Waals surface area contributed by atoms with Crippen molar-refractivity contribution in [2.45, 2.75) is 104 Å². The lowest BCUT2D eigenvalue weighted by molar-refractivity contribution is -0.130. The lowest BCUT2D eigenvalue weighted by Crippen LogP contribution is -2.58. The molecule has 0 aromatic rings. The summed E-state index contributed by atoms with van der Waals surface area (Å²) >= 11 is 0. The Morgan fingerprint density at radius 2 is 1.57 bits per heavy atom. The average molecular weight is 572 g/mol. The average Bonchev–Trinajstić information content (AvgIpc) is 3.66. The van der Waals surface area contributed by atoms with Gasteiger partial charge >= 0.3 is 14.2 Å². The molecule has 0 aromatic heterocycles. The fraction of sp³-hybridized carbons (Fsp3) is 0.923. The molecule has 14 heteroatoms. The number of likely N-dealkylation sites (tertiary alicyclic amines) is 2. The molecule has 40 heavy (non-hydrogen) atoms. The van der Waals surface area contributed by atoms with Gasteiger partial charge in [0.05, 0.1) is 18.4 Å². The Morgan fingerprint density at radius 1 is 1.00 bits per heavy atom. The van der Waals surface area contributed by atoms with Crippen molar-refractivity contribution in [1.29, 1.82) is 0 Å². The molecule has 0 spiro atoms. The predicted octanol–water partition coefficient (Wildman–Crippen LogP) is -1.04. The fourth-order valence-electron chi connectivity index (χ4n) is 4.84. The van der Waals surface area contributed by atoms with Gasteiger partial charge in [-0.1, -0.05) is 41.0 Å². The Labute approximate surface area is 243 Å². The summed E-state index contributed by atoms with van der Waals surface area (Å²) in [4.78, 5) is 25.0. The summed E-state index contributed by atoms with van der Waals surface area (Å²) in [7, 11) is -2.80. The van der Waals surface area contributed by atoms with Gasteiger partial charge in [-0.05, 0) is 52.1 Å². The van der Waals surface area contributed by atoms with Gasteiger partial charge in [-0.2, -0.15) is 0 Å². The first-order valence-corrected chi connectivity index (χ1v) is 15.2. The molecule has 3 atom stereocenters. The topological polar surface area (TPSA) is 170 Å². The third-order valence-electron chi connectivity index (χ3n) is 7.08. The van der Waals surface area contributed by atoms with Gasteiger partial charge in [0.2, 0.25) is 12.3 Å². The molecular weight excluding hydrogens is 514 g/mol. The number of carbonyl (C=O) groups is 2. The number of nitrogens with zero attached hydrogens (tertiary/aromatic N) is 2. The van der Waals surface area contributed by atoms with Crippen LogP contribution in [0, 0.1) is 0 Å². The van der Waals surface area contributed by atoms with Crippen LogP contribution in [0.5, 0.6) is 0 Å². The van der Waals surface area contributed by atoms with Crippen LogP contribution in [0.25, 0.3) is 0 Å². The third-order valence-corrected chi connectivity index (χ3v) is 7.08. The number of hydrogen-bond acceptors (Lipinski definition) is 10. The second-order valence-electron chi connectivity index (χ2n) is 10.6. The van der Waals surface area contributed by atoms with Crippen LogP contribution >= 0.6 is 0 Å². The van der Waals surface area contributed by atoms with Crippen molar-refractivity contribution in [2.24, 2.45) is 0 Å². The monoisotopic (exact) mass is 572 g/mol. The highest BCUT2D eigenvalue weighted by molar-refractivity contribution is 6.44. The van der Waals surface area contributed by atoms with E-state index in [0.717, 1.165) is 39.0 Å². The van der Waals surface area contributed by atoms with Crippen molar-refractivity contribution < 1.29 is 29.7 Å². The van der Waals surface area contributed by atoms with Crippen LogP contribution in [-0.4, -0.2) is 132 Å². The number of likely N-dealkylation sites (N-methyl/N-ethyl adjacent to an activating group) is 1. The summed E-state index contributed by atoms with van der Waals surface area (Å²) in [5, 5.41) is 48.7. The van der Waals surface area contributed by atoms with Gasteiger partial charge in [0.15, 0.2) is 0 Å². The molecule has 4 aliphatic heterocycles. The predicted molar refractivity (Wildman–Crippen MR) is 162 cm³/mol. The smallest absolute Gasteiger partial charge is 0.426 e. The first-order valence-electron chi connectivity index (χ1n) is 15.2. The van der Waals surface area contributed by atoms with Crippen molar-refractivity contribution >= 4 is 26.6 Å². The van der Waals surface area contributed by atoms with Crippen LogP contribution in [0.2, 0.25) is 0 Å². The molecule has 2 amide bonds. The van der Waals surface area contributed by atoms with Crippen molar-refractivity contribution in [3.63, 3.8) is 0 Å². The lowest BCUT2D eigenvalue weighted by atomic mass is 9.78. The number of nitrogens with one attached hydrogen (secondary N) is 4. The van der Waals surface area contributed by atoms with Crippen LogP contribution < -0.4 is 21.3 Å². The summed E-state index contributed by atoms with van der Waals surface area (Å²) < 4.78 is 0. The first-order chi connectivity index (χ1) is 19.1. The maximum absolute atomic E-state index is 11.8. The van der Waals surface area contributed by atoms with Gasteiger partial charge in [-0.3, -0.25) is 9.59 Å². The molecule has 4 rings (SSSR count). The Bertz CT molecular complexity index is 657. The molecule has 4 saturated heterocycles. The van der Waals surface area contributed by atoms with Crippen LogP contribution in [0.3, 0.4) is 0 Å². The summed E-state index contributed by atoms with van der Waals surface area (Å²) in [5.74, 6) is -0.839. The number of carbonyl (C=O) groups excluding carboxylic acids is 2. The van der Waals surface area contributed by atoms with Gasteiger partial charge in [0.25, 0.3) is 0 Å². The second kappa shape index (κ2) is 22.4. The van der Waals surface area contributed by atoms with E-state index in [1.807, 2.05) is 13.8 Å². The minimum absolute atomic E-state index is 0.0394. The zero-order valence-electron chi connectivity index (χ0n) is 25.9. The zero-order chi connectivity index (χ0) is 30.6. The minimum atomic E-state index is -1.42. The Morgan fingerprint density at radius 3 is 2.00 bits per heavy atom. The molecule has 3 unspecified atom stereocenters. The van der Waals surface area contributed by atoms with Crippen LogP contribution in [0.15, 0.2) is 0 Å². The van der Waals surface area contributed by atoms with E-state index < -0.39 is 20.2 Å². The van der Waals surface area contributed by atoms with E-state index in [9.17, 15) is 9.59 Å². The van der Waals surface area contributed by atoms with Gasteiger partial charge in [-0.25, -0.2) is 0 Å². The van der Waals surface area contributed by atoms with Crippen molar-refractivity contribution in [3.05, 3.63) is 0 Å². The summed E-state index contributed by atoms with van der Waals surface area (Å²) in [6, 6.07) is 0.379. The van der Waals surface area contributed by atoms with Crippen molar-refractivity contribution in [1.82, 2.24) is 31.1 Å². The lowest BCUT2D eigenvalue weighted by Gasteiger charge is -2.30. The molecule has 4 aliphatic rings. The Hall–Kier alpha value is -1.25. The van der Waals surface area contributed by atoms with E-state index in [4.69, 9.17) is 20.1 Å². The van der Waals surface area contributed by atoms with Gasteiger partial charge in [0.1, 0.15) is 0 Å².